The van der Waals surface area contributed by atoms with Crippen LogP contribution in [0.4, 0.5) is 0 Å². The lowest BCUT2D eigenvalue weighted by molar-refractivity contribution is 0.636. The maximum atomic E-state index is 4.27. The van der Waals surface area contributed by atoms with Crippen molar-refractivity contribution in [2.75, 3.05) is 18.1 Å². The van der Waals surface area contributed by atoms with E-state index in [0.717, 1.165) is 24.7 Å². The van der Waals surface area contributed by atoms with Crippen LogP contribution in [0.1, 0.15) is 26.0 Å². The van der Waals surface area contributed by atoms with E-state index in [9.17, 15) is 0 Å². The molecule has 1 atom stereocenters. The second kappa shape index (κ2) is 8.59. The van der Waals surface area contributed by atoms with Crippen LogP contribution in [0, 0.1) is 5.92 Å². The van der Waals surface area contributed by atoms with Gasteiger partial charge < -0.3 is 5.32 Å². The summed E-state index contributed by atoms with van der Waals surface area (Å²) in [5.74, 6) is 3.32. The van der Waals surface area contributed by atoms with Gasteiger partial charge in [-0.2, -0.15) is 11.8 Å². The van der Waals surface area contributed by atoms with E-state index < -0.39 is 0 Å². The standard InChI is InChI=1S/C13H22N2S/c1-3-12(2)11-16-9-8-14-10-13-6-4-5-7-15-13/h4-7,12,14H,3,8-11H2,1-2H3. The molecule has 0 aliphatic carbocycles. The summed E-state index contributed by atoms with van der Waals surface area (Å²) in [6.45, 7) is 6.52. The van der Waals surface area contributed by atoms with E-state index in [0.29, 0.717) is 0 Å². The Morgan fingerprint density at radius 2 is 2.31 bits per heavy atom. The Labute approximate surface area is 103 Å². The molecular formula is C13H22N2S. The normalized spacial score (nSPS) is 12.6. The lowest BCUT2D eigenvalue weighted by atomic mass is 10.2. The molecule has 1 aromatic rings. The second-order valence-electron chi connectivity index (χ2n) is 4.09. The summed E-state index contributed by atoms with van der Waals surface area (Å²) in [5.41, 5.74) is 1.12. The van der Waals surface area contributed by atoms with E-state index in [2.05, 4.69) is 30.2 Å². The fourth-order valence-corrected chi connectivity index (χ4v) is 2.36. The molecule has 0 amide bonds. The highest BCUT2D eigenvalue weighted by Gasteiger charge is 1.98. The molecule has 0 bridgehead atoms. The van der Waals surface area contributed by atoms with Gasteiger partial charge in [-0.1, -0.05) is 26.3 Å². The van der Waals surface area contributed by atoms with Crippen molar-refractivity contribution in [3.05, 3.63) is 30.1 Å². The van der Waals surface area contributed by atoms with E-state index in [-0.39, 0.29) is 0 Å². The highest BCUT2D eigenvalue weighted by molar-refractivity contribution is 7.99. The summed E-state index contributed by atoms with van der Waals surface area (Å²) in [4.78, 5) is 4.27. The average molecular weight is 238 g/mol. The zero-order valence-electron chi connectivity index (χ0n) is 10.3. The summed E-state index contributed by atoms with van der Waals surface area (Å²) in [6, 6.07) is 6.03. The SMILES string of the molecule is CCC(C)CSCCNCc1ccccn1. The molecule has 1 heterocycles. The molecule has 0 aromatic carbocycles. The molecule has 1 aromatic heterocycles. The predicted octanol–water partition coefficient (Wildman–Crippen LogP) is 2.95. The maximum absolute atomic E-state index is 4.27. The van der Waals surface area contributed by atoms with Crippen LogP contribution in [-0.4, -0.2) is 23.0 Å². The largest absolute Gasteiger partial charge is 0.310 e. The van der Waals surface area contributed by atoms with Gasteiger partial charge in [0.05, 0.1) is 5.69 Å². The first kappa shape index (κ1) is 13.5. The molecule has 0 spiro atoms. The summed E-state index contributed by atoms with van der Waals surface area (Å²) in [5, 5.41) is 3.41. The maximum Gasteiger partial charge on any atom is 0.0541 e. The molecule has 90 valence electrons. The number of nitrogens with one attached hydrogen (secondary N) is 1. The number of pyridine rings is 1. The molecule has 0 radical (unpaired) electrons. The van der Waals surface area contributed by atoms with Crippen molar-refractivity contribution in [3.8, 4) is 0 Å². The van der Waals surface area contributed by atoms with Gasteiger partial charge in [-0.15, -0.1) is 0 Å². The van der Waals surface area contributed by atoms with Gasteiger partial charge in [0.25, 0.3) is 0 Å². The topological polar surface area (TPSA) is 24.9 Å². The highest BCUT2D eigenvalue weighted by Crippen LogP contribution is 2.10. The molecule has 0 saturated carbocycles. The van der Waals surface area contributed by atoms with Crippen LogP contribution in [-0.2, 0) is 6.54 Å². The minimum Gasteiger partial charge on any atom is -0.310 e. The quantitative estimate of drug-likeness (QED) is 0.705. The van der Waals surface area contributed by atoms with Gasteiger partial charge in [-0.05, 0) is 23.8 Å². The lowest BCUT2D eigenvalue weighted by Gasteiger charge is -2.08. The van der Waals surface area contributed by atoms with Crippen molar-refractivity contribution >= 4 is 11.8 Å². The van der Waals surface area contributed by atoms with Gasteiger partial charge in [0.15, 0.2) is 0 Å². The Hall–Kier alpha value is -0.540. The molecule has 1 rings (SSSR count). The predicted molar refractivity (Wildman–Crippen MR) is 72.7 cm³/mol. The van der Waals surface area contributed by atoms with Crippen molar-refractivity contribution in [3.63, 3.8) is 0 Å². The van der Waals surface area contributed by atoms with Gasteiger partial charge in [0.2, 0.25) is 0 Å². The Morgan fingerprint density at radius 1 is 1.44 bits per heavy atom. The van der Waals surface area contributed by atoms with E-state index in [1.165, 1.54) is 17.9 Å². The molecule has 1 unspecified atom stereocenters. The number of thioether (sulfide) groups is 1. The van der Waals surface area contributed by atoms with E-state index in [1.54, 1.807) is 0 Å². The van der Waals surface area contributed by atoms with E-state index in [4.69, 9.17) is 0 Å². The molecule has 0 saturated heterocycles. The Morgan fingerprint density at radius 3 is 3.00 bits per heavy atom. The van der Waals surface area contributed by atoms with Crippen molar-refractivity contribution in [2.24, 2.45) is 5.92 Å². The highest BCUT2D eigenvalue weighted by atomic mass is 32.2. The molecule has 1 N–H and O–H groups in total. The average Bonchev–Trinajstić information content (AvgIpc) is 2.34. The van der Waals surface area contributed by atoms with Crippen LogP contribution in [0.15, 0.2) is 24.4 Å². The van der Waals surface area contributed by atoms with Gasteiger partial charge >= 0.3 is 0 Å². The second-order valence-corrected chi connectivity index (χ2v) is 5.24. The number of hydrogen-bond acceptors (Lipinski definition) is 3. The first-order valence-electron chi connectivity index (χ1n) is 6.01. The minimum absolute atomic E-state index is 0.848. The van der Waals surface area contributed by atoms with Crippen LogP contribution in [0.25, 0.3) is 0 Å². The van der Waals surface area contributed by atoms with E-state index in [1.807, 2.05) is 30.1 Å². The fraction of sp³-hybridized carbons (Fsp3) is 0.615. The number of hydrogen-bond donors (Lipinski definition) is 1. The van der Waals surface area contributed by atoms with E-state index >= 15 is 0 Å². The van der Waals surface area contributed by atoms with Gasteiger partial charge in [-0.3, -0.25) is 4.98 Å². The zero-order valence-corrected chi connectivity index (χ0v) is 11.1. The van der Waals surface area contributed by atoms with Gasteiger partial charge in [-0.25, -0.2) is 0 Å². The summed E-state index contributed by atoms with van der Waals surface area (Å²) in [7, 11) is 0. The Balaban J connectivity index is 1.96. The van der Waals surface area contributed by atoms with Crippen molar-refractivity contribution in [1.82, 2.24) is 10.3 Å². The molecule has 16 heavy (non-hydrogen) atoms. The third kappa shape index (κ3) is 6.13. The molecule has 0 fully saturated rings. The first-order chi connectivity index (χ1) is 7.83. The van der Waals surface area contributed by atoms with Crippen LogP contribution >= 0.6 is 11.8 Å². The fourth-order valence-electron chi connectivity index (χ4n) is 1.27. The van der Waals surface area contributed by atoms with Crippen LogP contribution < -0.4 is 5.32 Å². The minimum atomic E-state index is 0.848. The third-order valence-corrected chi connectivity index (χ3v) is 3.85. The summed E-state index contributed by atoms with van der Waals surface area (Å²) in [6.07, 6.45) is 3.13. The van der Waals surface area contributed by atoms with Crippen LogP contribution in [0.5, 0.6) is 0 Å². The molecular weight excluding hydrogens is 216 g/mol. The lowest BCUT2D eigenvalue weighted by Crippen LogP contribution is -2.17. The first-order valence-corrected chi connectivity index (χ1v) is 7.16. The van der Waals surface area contributed by atoms with Crippen LogP contribution in [0.3, 0.4) is 0 Å². The zero-order chi connectivity index (χ0) is 11.6. The van der Waals surface area contributed by atoms with Gasteiger partial charge in [0, 0.05) is 25.0 Å². The number of nitrogens with zero attached hydrogens (tertiary/aromatic N) is 1. The molecule has 0 aliphatic heterocycles. The van der Waals surface area contributed by atoms with Crippen molar-refractivity contribution < 1.29 is 0 Å². The van der Waals surface area contributed by atoms with Crippen LogP contribution in [0.2, 0.25) is 0 Å². The van der Waals surface area contributed by atoms with Crippen molar-refractivity contribution in [2.45, 2.75) is 26.8 Å². The monoisotopic (exact) mass is 238 g/mol. The van der Waals surface area contributed by atoms with Crippen molar-refractivity contribution in [1.29, 1.82) is 0 Å². The smallest absolute Gasteiger partial charge is 0.0541 e. The number of aromatic nitrogens is 1. The molecule has 3 heteroatoms. The Kier molecular flexibility index (Phi) is 7.26. The summed E-state index contributed by atoms with van der Waals surface area (Å²) >= 11 is 2.04. The summed E-state index contributed by atoms with van der Waals surface area (Å²) < 4.78 is 0. The third-order valence-electron chi connectivity index (χ3n) is 2.55. The Bertz CT molecular complexity index is 264. The molecule has 2 nitrogen and oxygen atoms in total. The van der Waals surface area contributed by atoms with Gasteiger partial charge in [0.1, 0.15) is 0 Å². The molecule has 0 aliphatic rings. The number of rotatable bonds is 8.